The number of carboxylic acids is 1. The van der Waals surface area contributed by atoms with Gasteiger partial charge in [-0.1, -0.05) is 78.9 Å². The van der Waals surface area contributed by atoms with E-state index in [1.165, 1.54) is 0 Å². The zero-order valence-corrected chi connectivity index (χ0v) is 23.0. The van der Waals surface area contributed by atoms with Crippen molar-refractivity contribution >= 4 is 23.4 Å². The molecule has 2 bridgehead atoms. The van der Waals surface area contributed by atoms with Gasteiger partial charge in [0.25, 0.3) is 0 Å². The van der Waals surface area contributed by atoms with Gasteiger partial charge in [-0.3, -0.25) is 4.79 Å². The van der Waals surface area contributed by atoms with Crippen molar-refractivity contribution in [2.75, 3.05) is 31.5 Å². The Kier molecular flexibility index (Phi) is 10.0. The van der Waals surface area contributed by atoms with E-state index in [1.807, 2.05) is 91.0 Å². The van der Waals surface area contributed by atoms with Crippen LogP contribution in [-0.4, -0.2) is 66.7 Å². The van der Waals surface area contributed by atoms with Crippen molar-refractivity contribution in [3.8, 4) is 0 Å². The van der Waals surface area contributed by atoms with Gasteiger partial charge < -0.3 is 24.4 Å². The molecule has 10 heteroatoms. The fraction of sp³-hybridized carbons (Fsp3) is 0.344. The maximum Gasteiger partial charge on any atom is 0.430 e. The first-order valence-corrected chi connectivity index (χ1v) is 13.8. The van der Waals surface area contributed by atoms with Crippen molar-refractivity contribution in [1.82, 2.24) is 0 Å². The average Bonchev–Trinajstić information content (AvgIpc) is 2.98. The molecule has 0 radical (unpaired) electrons. The molecule has 1 N–H and O–H groups in total. The molecular weight excluding hydrogens is 549 g/mol. The Bertz CT molecular complexity index is 1290. The van der Waals surface area contributed by atoms with Crippen molar-refractivity contribution in [3.05, 3.63) is 102 Å². The van der Waals surface area contributed by atoms with Gasteiger partial charge in [-0.15, -0.1) is 0 Å². The second-order valence-electron chi connectivity index (χ2n) is 10.8. The van der Waals surface area contributed by atoms with Gasteiger partial charge in [0.05, 0.1) is 13.1 Å². The number of quaternary nitrogens is 1. The highest BCUT2D eigenvalue weighted by atomic mass is 19.4. The number of piperidine rings is 3. The van der Waals surface area contributed by atoms with Gasteiger partial charge in [-0.25, -0.2) is 4.79 Å². The van der Waals surface area contributed by atoms with Gasteiger partial charge in [-0.05, 0) is 17.7 Å². The molecule has 3 heterocycles. The molecule has 0 aromatic heterocycles. The molecule has 0 aliphatic carbocycles. The number of Topliss-reactive ketones (excluding diaryl/α,β-unsaturated/α-hetero) is 1. The van der Waals surface area contributed by atoms with E-state index in [4.69, 9.17) is 14.6 Å². The number of anilines is 1. The molecule has 2 atom stereocenters. The zero-order chi connectivity index (χ0) is 30.2. The Labute approximate surface area is 242 Å². The standard InChI is InChI=1S/C30H33N2O3.C2HF3O2/c33-28(24-12-6-2-7-13-24)21-32-18-16-25(17-19-32)29(22-32)35-30(34)27(20-23-10-4-1-5-11-23)31-26-14-8-3-9-15-26;3-2(4,5)1(6)7/h1-15,25,27,29,31H,16-22H2;(H,6,7)/q+1;/p-1/t25?,27-,29-,32?;/m0./s1. The fourth-order valence-corrected chi connectivity index (χ4v) is 5.61. The minimum absolute atomic E-state index is 0.149. The number of hydrogen-bond acceptors (Lipinski definition) is 6. The minimum atomic E-state index is -5.19. The predicted octanol–water partition coefficient (Wildman–Crippen LogP) is 4.04. The van der Waals surface area contributed by atoms with Crippen molar-refractivity contribution in [3.63, 3.8) is 0 Å². The van der Waals surface area contributed by atoms with Crippen LogP contribution in [0.25, 0.3) is 0 Å². The highest BCUT2D eigenvalue weighted by molar-refractivity contribution is 5.97. The van der Waals surface area contributed by atoms with Crippen LogP contribution in [0.3, 0.4) is 0 Å². The normalized spacial score (nSPS) is 21.8. The highest BCUT2D eigenvalue weighted by Gasteiger charge is 2.49. The number of ether oxygens (including phenoxy) is 1. The zero-order valence-electron chi connectivity index (χ0n) is 23.0. The minimum Gasteiger partial charge on any atom is -0.542 e. The molecule has 3 saturated heterocycles. The van der Waals surface area contributed by atoms with E-state index >= 15 is 0 Å². The van der Waals surface area contributed by atoms with Crippen LogP contribution in [0.1, 0.15) is 28.8 Å². The topological polar surface area (TPSA) is 95.5 Å². The summed E-state index contributed by atoms with van der Waals surface area (Å²) in [4.78, 5) is 35.3. The molecule has 0 amide bonds. The van der Waals surface area contributed by atoms with Crippen molar-refractivity contribution in [2.45, 2.75) is 37.6 Å². The third-order valence-corrected chi connectivity index (χ3v) is 7.80. The van der Waals surface area contributed by atoms with Gasteiger partial charge >= 0.3 is 12.1 Å². The third kappa shape index (κ3) is 8.42. The molecule has 3 aliphatic heterocycles. The maximum absolute atomic E-state index is 13.5. The lowest BCUT2D eigenvalue weighted by Gasteiger charge is -2.51. The van der Waals surface area contributed by atoms with Crippen LogP contribution in [0, 0.1) is 5.92 Å². The van der Waals surface area contributed by atoms with Gasteiger partial charge in [0.15, 0.2) is 6.10 Å². The number of carbonyl (C=O) groups excluding carboxylic acids is 3. The fourth-order valence-electron chi connectivity index (χ4n) is 5.61. The third-order valence-electron chi connectivity index (χ3n) is 7.80. The van der Waals surface area contributed by atoms with E-state index in [1.54, 1.807) is 0 Å². The number of hydrogen-bond donors (Lipinski definition) is 1. The second-order valence-corrected chi connectivity index (χ2v) is 10.8. The number of nitrogens with one attached hydrogen (secondary N) is 1. The van der Waals surface area contributed by atoms with Crippen molar-refractivity contribution < 1.29 is 41.9 Å². The lowest BCUT2D eigenvalue weighted by atomic mass is 9.82. The van der Waals surface area contributed by atoms with Crippen LogP contribution in [-0.2, 0) is 20.7 Å². The van der Waals surface area contributed by atoms with Gasteiger partial charge in [-0.2, -0.15) is 13.2 Å². The van der Waals surface area contributed by atoms with E-state index < -0.39 is 18.2 Å². The summed E-state index contributed by atoms with van der Waals surface area (Å²) in [6, 6.07) is 28.9. The molecule has 3 aliphatic rings. The van der Waals surface area contributed by atoms with E-state index in [0.29, 0.717) is 18.9 Å². The molecule has 42 heavy (non-hydrogen) atoms. The quantitative estimate of drug-likeness (QED) is 0.233. The summed E-state index contributed by atoms with van der Waals surface area (Å²) >= 11 is 0. The van der Waals surface area contributed by atoms with Gasteiger partial charge in [0.1, 0.15) is 25.1 Å². The monoisotopic (exact) mass is 582 g/mol. The van der Waals surface area contributed by atoms with E-state index in [2.05, 4.69) is 5.32 Å². The molecule has 0 spiro atoms. The van der Waals surface area contributed by atoms with E-state index in [0.717, 1.165) is 53.8 Å². The van der Waals surface area contributed by atoms with E-state index in [-0.39, 0.29) is 17.9 Å². The summed E-state index contributed by atoms with van der Waals surface area (Å²) < 4.78 is 38.5. The summed E-state index contributed by atoms with van der Waals surface area (Å²) in [6.45, 7) is 3.15. The number of ketones is 1. The lowest BCUT2D eigenvalue weighted by molar-refractivity contribution is -0.938. The van der Waals surface area contributed by atoms with Crippen molar-refractivity contribution in [2.24, 2.45) is 5.92 Å². The highest BCUT2D eigenvalue weighted by Crippen LogP contribution is 2.36. The Hall–Kier alpha value is -4.18. The molecule has 222 valence electrons. The lowest BCUT2D eigenvalue weighted by Crippen LogP contribution is -2.66. The van der Waals surface area contributed by atoms with Crippen molar-refractivity contribution in [1.29, 1.82) is 0 Å². The molecular formula is C32H33F3N2O5. The molecule has 7 nitrogen and oxygen atoms in total. The van der Waals surface area contributed by atoms with E-state index in [9.17, 15) is 22.8 Å². The molecule has 3 aromatic carbocycles. The first-order valence-electron chi connectivity index (χ1n) is 13.8. The first kappa shape index (κ1) is 30.8. The SMILES string of the molecule is O=C(C[N+]12CCC(CC1)[C@@H](OC(=O)[C@H](Cc1ccccc1)Nc1ccccc1)C2)c1ccccc1.O=C([O-])C(F)(F)F. The Morgan fingerprint density at radius 1 is 0.881 bits per heavy atom. The number of halogens is 3. The number of benzene rings is 3. The van der Waals surface area contributed by atoms with Crippen LogP contribution in [0.2, 0.25) is 0 Å². The number of nitrogens with zero attached hydrogens (tertiary/aromatic N) is 1. The number of para-hydroxylation sites is 1. The number of carbonyl (C=O) groups is 3. The van der Waals surface area contributed by atoms with Crippen LogP contribution >= 0.6 is 0 Å². The number of alkyl halides is 3. The molecule has 0 saturated carbocycles. The Morgan fingerprint density at radius 2 is 1.40 bits per heavy atom. The largest absolute Gasteiger partial charge is 0.542 e. The predicted molar refractivity (Wildman–Crippen MR) is 148 cm³/mol. The number of rotatable bonds is 9. The summed E-state index contributed by atoms with van der Waals surface area (Å²) in [5.41, 5.74) is 2.75. The summed E-state index contributed by atoms with van der Waals surface area (Å²) in [6.07, 6.45) is -2.80. The maximum atomic E-state index is 13.5. The van der Waals surface area contributed by atoms with Crippen LogP contribution < -0.4 is 10.4 Å². The van der Waals surface area contributed by atoms with Crippen LogP contribution in [0.5, 0.6) is 0 Å². The second kappa shape index (κ2) is 13.7. The Balaban J connectivity index is 0.000000517. The van der Waals surface area contributed by atoms with Gasteiger partial charge in [0, 0.05) is 36.4 Å². The Morgan fingerprint density at radius 3 is 1.95 bits per heavy atom. The number of esters is 1. The summed E-state index contributed by atoms with van der Waals surface area (Å²) in [5.74, 6) is -2.68. The average molecular weight is 583 g/mol. The van der Waals surface area contributed by atoms with Crippen LogP contribution in [0.4, 0.5) is 18.9 Å². The molecule has 0 unspecified atom stereocenters. The number of fused-ring (bicyclic) bond motifs is 3. The smallest absolute Gasteiger partial charge is 0.430 e. The molecule has 6 rings (SSSR count). The van der Waals surface area contributed by atoms with Gasteiger partial charge in [0.2, 0.25) is 5.78 Å². The summed E-state index contributed by atoms with van der Waals surface area (Å²) in [7, 11) is 0. The number of carboxylic acid groups (broad SMARTS) is 1. The first-order chi connectivity index (χ1) is 20.0. The number of aliphatic carboxylic acids is 1. The summed E-state index contributed by atoms with van der Waals surface area (Å²) in [5, 5.41) is 12.2. The molecule has 3 fully saturated rings. The molecule has 3 aromatic rings. The van der Waals surface area contributed by atoms with Crippen LogP contribution in [0.15, 0.2) is 91.0 Å².